The Morgan fingerprint density at radius 1 is 1.41 bits per heavy atom. The first kappa shape index (κ1) is 14.0. The molecule has 0 radical (unpaired) electrons. The van der Waals surface area contributed by atoms with Crippen LogP contribution in [0.15, 0.2) is 18.2 Å². The number of benzene rings is 1. The van der Waals surface area contributed by atoms with E-state index in [1.165, 1.54) is 4.90 Å². The standard InChI is InChI=1S/C12H14INO3/c1-3-14(7-10(15)16)12(17)9-6-4-5-8(2)11(9)13/h4-6H,3,7H2,1-2H3,(H,15,16). The van der Waals surface area contributed by atoms with Gasteiger partial charge in [0.15, 0.2) is 0 Å². The summed E-state index contributed by atoms with van der Waals surface area (Å²) >= 11 is 2.11. The fourth-order valence-corrected chi connectivity index (χ4v) is 2.06. The number of hydrogen-bond donors (Lipinski definition) is 1. The van der Waals surface area contributed by atoms with E-state index < -0.39 is 5.97 Å². The molecule has 0 fully saturated rings. The molecule has 0 atom stereocenters. The summed E-state index contributed by atoms with van der Waals surface area (Å²) in [5.74, 6) is -1.23. The number of likely N-dealkylation sites (N-methyl/N-ethyl adjacent to an activating group) is 1. The van der Waals surface area contributed by atoms with Crippen molar-refractivity contribution in [2.24, 2.45) is 0 Å². The van der Waals surface area contributed by atoms with Crippen LogP contribution in [0, 0.1) is 10.5 Å². The second-order valence-electron chi connectivity index (χ2n) is 3.65. The molecule has 1 aromatic rings. The fourth-order valence-electron chi connectivity index (χ4n) is 1.47. The van der Waals surface area contributed by atoms with Crippen molar-refractivity contribution in [1.29, 1.82) is 0 Å². The maximum atomic E-state index is 12.1. The minimum absolute atomic E-state index is 0.233. The number of carboxylic acid groups (broad SMARTS) is 1. The first-order valence-corrected chi connectivity index (χ1v) is 6.31. The van der Waals surface area contributed by atoms with E-state index >= 15 is 0 Å². The Hall–Kier alpha value is -1.11. The van der Waals surface area contributed by atoms with Gasteiger partial charge in [0.25, 0.3) is 5.91 Å². The van der Waals surface area contributed by atoms with Crippen molar-refractivity contribution >= 4 is 34.5 Å². The molecule has 17 heavy (non-hydrogen) atoms. The van der Waals surface area contributed by atoms with Crippen LogP contribution in [-0.4, -0.2) is 35.0 Å². The van der Waals surface area contributed by atoms with Crippen LogP contribution in [0.4, 0.5) is 0 Å². The molecule has 92 valence electrons. The predicted octanol–water partition coefficient (Wildman–Crippen LogP) is 2.15. The number of carbonyl (C=O) groups excluding carboxylic acids is 1. The minimum atomic E-state index is -0.997. The summed E-state index contributed by atoms with van der Waals surface area (Å²) in [6.45, 7) is 3.81. The Labute approximate surface area is 114 Å². The van der Waals surface area contributed by atoms with Crippen molar-refractivity contribution in [2.75, 3.05) is 13.1 Å². The third-order valence-corrected chi connectivity index (χ3v) is 3.85. The van der Waals surface area contributed by atoms with Crippen LogP contribution >= 0.6 is 22.6 Å². The van der Waals surface area contributed by atoms with E-state index in [0.717, 1.165) is 9.13 Å². The summed E-state index contributed by atoms with van der Waals surface area (Å²) in [4.78, 5) is 24.1. The molecule has 0 aromatic heterocycles. The summed E-state index contributed by atoms with van der Waals surface area (Å²) in [6.07, 6.45) is 0. The molecular weight excluding hydrogens is 333 g/mol. The van der Waals surface area contributed by atoms with Crippen LogP contribution in [0.1, 0.15) is 22.8 Å². The number of rotatable bonds is 4. The maximum absolute atomic E-state index is 12.1. The van der Waals surface area contributed by atoms with Gasteiger partial charge in [0.05, 0.1) is 5.56 Å². The number of hydrogen-bond acceptors (Lipinski definition) is 2. The number of carbonyl (C=O) groups is 2. The topological polar surface area (TPSA) is 57.6 Å². The van der Waals surface area contributed by atoms with Crippen LogP contribution < -0.4 is 0 Å². The molecule has 0 spiro atoms. The summed E-state index contributed by atoms with van der Waals surface area (Å²) in [5, 5.41) is 8.74. The van der Waals surface area contributed by atoms with E-state index in [2.05, 4.69) is 22.6 Å². The number of aliphatic carboxylic acids is 1. The highest BCUT2D eigenvalue weighted by Gasteiger charge is 2.19. The van der Waals surface area contributed by atoms with Crippen LogP contribution in [0.3, 0.4) is 0 Å². The summed E-state index contributed by atoms with van der Waals surface area (Å²) in [5.41, 5.74) is 1.58. The Bertz CT molecular complexity index is 445. The lowest BCUT2D eigenvalue weighted by atomic mass is 10.1. The van der Waals surface area contributed by atoms with E-state index in [1.807, 2.05) is 13.0 Å². The van der Waals surface area contributed by atoms with Gasteiger partial charge in [-0.25, -0.2) is 0 Å². The lowest BCUT2D eigenvalue weighted by molar-refractivity contribution is -0.137. The van der Waals surface area contributed by atoms with E-state index in [-0.39, 0.29) is 12.5 Å². The van der Waals surface area contributed by atoms with Crippen molar-refractivity contribution in [3.05, 3.63) is 32.9 Å². The highest BCUT2D eigenvalue weighted by molar-refractivity contribution is 14.1. The van der Waals surface area contributed by atoms with Gasteiger partial charge in [0.1, 0.15) is 6.54 Å². The molecule has 0 aliphatic heterocycles. The molecule has 1 aromatic carbocycles. The zero-order valence-corrected chi connectivity index (χ0v) is 11.9. The number of nitrogens with zero attached hydrogens (tertiary/aromatic N) is 1. The Morgan fingerprint density at radius 2 is 2.06 bits per heavy atom. The van der Waals surface area contributed by atoms with Gasteiger partial charge in [-0.05, 0) is 48.1 Å². The lowest BCUT2D eigenvalue weighted by Gasteiger charge is -2.19. The summed E-state index contributed by atoms with van der Waals surface area (Å²) in [7, 11) is 0. The molecule has 0 saturated heterocycles. The second-order valence-corrected chi connectivity index (χ2v) is 4.73. The van der Waals surface area contributed by atoms with Gasteiger partial charge < -0.3 is 10.0 Å². The predicted molar refractivity (Wildman–Crippen MR) is 73.1 cm³/mol. The quantitative estimate of drug-likeness (QED) is 0.850. The minimum Gasteiger partial charge on any atom is -0.480 e. The third kappa shape index (κ3) is 3.42. The number of amides is 1. The summed E-state index contributed by atoms with van der Waals surface area (Å²) < 4.78 is 0.874. The van der Waals surface area contributed by atoms with Crippen molar-refractivity contribution in [3.63, 3.8) is 0 Å². The lowest BCUT2D eigenvalue weighted by Crippen LogP contribution is -2.35. The molecule has 0 aliphatic carbocycles. The smallest absolute Gasteiger partial charge is 0.323 e. The van der Waals surface area contributed by atoms with Gasteiger partial charge in [0, 0.05) is 10.1 Å². The number of aryl methyl sites for hydroxylation is 1. The molecule has 0 aliphatic rings. The number of halogens is 1. The monoisotopic (exact) mass is 347 g/mol. The third-order valence-electron chi connectivity index (χ3n) is 2.42. The van der Waals surface area contributed by atoms with Gasteiger partial charge >= 0.3 is 5.97 Å². The van der Waals surface area contributed by atoms with Gasteiger partial charge in [0.2, 0.25) is 0 Å². The normalized spacial score (nSPS) is 10.1. The van der Waals surface area contributed by atoms with Gasteiger partial charge in [-0.2, -0.15) is 0 Å². The molecule has 0 heterocycles. The molecule has 1 rings (SSSR count). The first-order valence-electron chi connectivity index (χ1n) is 5.23. The zero-order chi connectivity index (χ0) is 13.0. The van der Waals surface area contributed by atoms with Gasteiger partial charge in [-0.15, -0.1) is 0 Å². The van der Waals surface area contributed by atoms with E-state index in [4.69, 9.17) is 5.11 Å². The fraction of sp³-hybridized carbons (Fsp3) is 0.333. The van der Waals surface area contributed by atoms with Gasteiger partial charge in [-0.3, -0.25) is 9.59 Å². The van der Waals surface area contributed by atoms with Gasteiger partial charge in [-0.1, -0.05) is 12.1 Å². The molecule has 1 amide bonds. The zero-order valence-electron chi connectivity index (χ0n) is 9.74. The van der Waals surface area contributed by atoms with Crippen molar-refractivity contribution in [1.82, 2.24) is 4.90 Å². The van der Waals surface area contributed by atoms with Crippen molar-refractivity contribution in [2.45, 2.75) is 13.8 Å². The molecule has 4 nitrogen and oxygen atoms in total. The Morgan fingerprint density at radius 3 is 2.59 bits per heavy atom. The van der Waals surface area contributed by atoms with E-state index in [1.54, 1.807) is 19.1 Å². The number of carboxylic acids is 1. The maximum Gasteiger partial charge on any atom is 0.323 e. The molecular formula is C12H14INO3. The molecule has 0 saturated carbocycles. The average Bonchev–Trinajstić information content (AvgIpc) is 2.28. The average molecular weight is 347 g/mol. The SMILES string of the molecule is CCN(CC(=O)O)C(=O)c1cccc(C)c1I. The van der Waals surface area contributed by atoms with E-state index in [0.29, 0.717) is 12.1 Å². The second kappa shape index (κ2) is 6.00. The van der Waals surface area contributed by atoms with Crippen molar-refractivity contribution in [3.8, 4) is 0 Å². The first-order chi connectivity index (χ1) is 7.97. The molecule has 0 bridgehead atoms. The van der Waals surface area contributed by atoms with Crippen LogP contribution in [0.5, 0.6) is 0 Å². The molecule has 1 N–H and O–H groups in total. The highest BCUT2D eigenvalue weighted by Crippen LogP contribution is 2.18. The van der Waals surface area contributed by atoms with E-state index in [9.17, 15) is 9.59 Å². The van der Waals surface area contributed by atoms with Crippen LogP contribution in [0.2, 0.25) is 0 Å². The van der Waals surface area contributed by atoms with Crippen molar-refractivity contribution < 1.29 is 14.7 Å². The largest absolute Gasteiger partial charge is 0.480 e. The molecule has 0 unspecified atom stereocenters. The van der Waals surface area contributed by atoms with Crippen LogP contribution in [0.25, 0.3) is 0 Å². The molecule has 5 heteroatoms. The highest BCUT2D eigenvalue weighted by atomic mass is 127. The summed E-state index contributed by atoms with van der Waals surface area (Å²) in [6, 6.07) is 5.45. The van der Waals surface area contributed by atoms with Crippen LogP contribution in [-0.2, 0) is 4.79 Å². The Balaban J connectivity index is 3.02. The Kier molecular flexibility index (Phi) is 4.92.